The summed E-state index contributed by atoms with van der Waals surface area (Å²) in [6.45, 7) is 3.43. The molecule has 0 aliphatic carbocycles. The van der Waals surface area contributed by atoms with E-state index in [-0.39, 0.29) is 11.3 Å². The second kappa shape index (κ2) is 7.50. The van der Waals surface area contributed by atoms with Crippen LogP contribution in [0.4, 0.5) is 0 Å². The first-order valence-electron chi connectivity index (χ1n) is 8.67. The number of nitrogens with two attached hydrogens (primary N) is 1. The molecule has 2 N–H and O–H groups in total. The maximum atomic E-state index is 13.4. The van der Waals surface area contributed by atoms with Crippen molar-refractivity contribution in [2.45, 2.75) is 20.3 Å². The summed E-state index contributed by atoms with van der Waals surface area (Å²) in [5.74, 6) is 5.23. The van der Waals surface area contributed by atoms with E-state index < -0.39 is 5.97 Å². The zero-order valence-electron chi connectivity index (χ0n) is 15.7. The van der Waals surface area contributed by atoms with Crippen molar-refractivity contribution in [1.29, 1.82) is 0 Å². The first-order chi connectivity index (χ1) is 13.0. The van der Waals surface area contributed by atoms with Crippen molar-refractivity contribution >= 4 is 11.8 Å². The minimum Gasteiger partial charge on any atom is -0.465 e. The van der Waals surface area contributed by atoms with Gasteiger partial charge in [-0.05, 0) is 31.4 Å². The first kappa shape index (κ1) is 18.5. The van der Waals surface area contributed by atoms with Crippen molar-refractivity contribution in [2.24, 2.45) is 0 Å². The van der Waals surface area contributed by atoms with Crippen LogP contribution < -0.4 is 5.84 Å². The monoisotopic (exact) mass is 362 g/mol. The summed E-state index contributed by atoms with van der Waals surface area (Å²) in [5, 5.41) is 0. The molecule has 27 heavy (non-hydrogen) atoms. The van der Waals surface area contributed by atoms with Gasteiger partial charge in [-0.15, -0.1) is 0 Å². The Morgan fingerprint density at radius 1 is 0.926 bits per heavy atom. The summed E-state index contributed by atoms with van der Waals surface area (Å²) in [5.41, 5.74) is 4.11. The van der Waals surface area contributed by atoms with Gasteiger partial charge in [0, 0.05) is 11.3 Å². The molecule has 0 radical (unpaired) electrons. The number of nitrogens with zero attached hydrogens (tertiary/aromatic N) is 1. The molecule has 0 fully saturated rings. The molecule has 0 spiro atoms. The average Bonchev–Trinajstić information content (AvgIpc) is 2.92. The Balaban J connectivity index is 2.11. The fourth-order valence-corrected chi connectivity index (χ4v) is 3.33. The number of hydrogen-bond acceptors (Lipinski definition) is 4. The highest BCUT2D eigenvalue weighted by atomic mass is 16.5. The zero-order chi connectivity index (χ0) is 19.6. The number of carbonyl (C=O) groups is 2. The largest absolute Gasteiger partial charge is 0.465 e. The van der Waals surface area contributed by atoms with Gasteiger partial charge in [0.15, 0.2) is 5.78 Å². The molecule has 0 aliphatic heterocycles. The lowest BCUT2D eigenvalue weighted by molar-refractivity contribution is 0.0597. The molecule has 138 valence electrons. The molecule has 0 bridgehead atoms. The zero-order valence-corrected chi connectivity index (χ0v) is 15.7. The van der Waals surface area contributed by atoms with Gasteiger partial charge in [0.05, 0.1) is 23.9 Å². The minimum atomic E-state index is -0.566. The third-order valence-corrected chi connectivity index (χ3v) is 4.81. The minimum absolute atomic E-state index is 0.219. The highest BCUT2D eigenvalue weighted by Gasteiger charge is 2.29. The lowest BCUT2D eigenvalue weighted by Gasteiger charge is -2.10. The fraction of sp³-hybridized carbons (Fsp3) is 0.182. The number of aromatic nitrogens is 1. The number of hydrogen-bond donors (Lipinski definition) is 1. The van der Waals surface area contributed by atoms with Crippen molar-refractivity contribution in [1.82, 2.24) is 4.68 Å². The van der Waals surface area contributed by atoms with Gasteiger partial charge < -0.3 is 10.6 Å². The van der Waals surface area contributed by atoms with E-state index in [1.165, 1.54) is 11.8 Å². The Labute approximate surface area is 158 Å². The molecular weight excluding hydrogens is 340 g/mol. The van der Waals surface area contributed by atoms with Gasteiger partial charge in [-0.25, -0.2) is 4.79 Å². The summed E-state index contributed by atoms with van der Waals surface area (Å²) in [4.78, 5) is 25.7. The Bertz CT molecular complexity index is 1000. The highest BCUT2D eigenvalue weighted by Crippen LogP contribution is 2.26. The molecule has 2 aromatic carbocycles. The number of ketones is 1. The summed E-state index contributed by atoms with van der Waals surface area (Å²) >= 11 is 0. The molecule has 5 nitrogen and oxygen atoms in total. The maximum absolute atomic E-state index is 13.4. The molecule has 1 aromatic heterocycles. The molecule has 3 rings (SSSR count). The first-order valence-corrected chi connectivity index (χ1v) is 8.67. The van der Waals surface area contributed by atoms with Crippen molar-refractivity contribution in [3.63, 3.8) is 0 Å². The molecular formula is C22H22N2O3. The van der Waals surface area contributed by atoms with Crippen LogP contribution in [-0.2, 0) is 11.2 Å². The van der Waals surface area contributed by atoms with Crippen LogP contribution in [-0.4, -0.2) is 23.5 Å². The molecule has 5 heteroatoms. The standard InChI is InChI=1S/C22H22N2O3/c1-14-19(20(22(26)27-3)15(2)24(14)23)21(25)18-12-8-7-11-17(18)13-16-9-5-4-6-10-16/h4-12H,13,23H2,1-3H3. The van der Waals surface area contributed by atoms with E-state index in [9.17, 15) is 9.59 Å². The van der Waals surface area contributed by atoms with Crippen molar-refractivity contribution in [3.8, 4) is 0 Å². The SMILES string of the molecule is COC(=O)c1c(C(=O)c2ccccc2Cc2ccccc2)c(C)n(N)c1C. The van der Waals surface area contributed by atoms with Crippen LogP contribution in [0, 0.1) is 13.8 Å². The molecule has 3 aromatic rings. The lowest BCUT2D eigenvalue weighted by Crippen LogP contribution is -2.13. The van der Waals surface area contributed by atoms with E-state index in [0.29, 0.717) is 28.9 Å². The second-order valence-electron chi connectivity index (χ2n) is 6.43. The lowest BCUT2D eigenvalue weighted by atomic mass is 9.92. The van der Waals surface area contributed by atoms with Gasteiger partial charge in [-0.3, -0.25) is 9.47 Å². The molecule has 0 atom stereocenters. The van der Waals surface area contributed by atoms with Gasteiger partial charge in [-0.1, -0.05) is 54.6 Å². The number of carbonyl (C=O) groups excluding carboxylic acids is 2. The van der Waals surface area contributed by atoms with E-state index in [1.54, 1.807) is 19.9 Å². The van der Waals surface area contributed by atoms with Crippen LogP contribution in [0.2, 0.25) is 0 Å². The number of esters is 1. The Kier molecular flexibility index (Phi) is 5.12. The smallest absolute Gasteiger partial charge is 0.340 e. The number of nitrogen functional groups attached to an aromatic ring is 1. The van der Waals surface area contributed by atoms with E-state index in [4.69, 9.17) is 10.6 Å². The van der Waals surface area contributed by atoms with Crippen LogP contribution in [0.25, 0.3) is 0 Å². The van der Waals surface area contributed by atoms with E-state index in [2.05, 4.69) is 0 Å². The van der Waals surface area contributed by atoms with Gasteiger partial charge in [0.1, 0.15) is 0 Å². The van der Waals surface area contributed by atoms with Crippen molar-refractivity contribution in [2.75, 3.05) is 13.0 Å². The van der Waals surface area contributed by atoms with Crippen molar-refractivity contribution < 1.29 is 14.3 Å². The predicted octanol–water partition coefficient (Wildman–Crippen LogP) is 3.43. The molecule has 0 unspecified atom stereocenters. The second-order valence-corrected chi connectivity index (χ2v) is 6.43. The van der Waals surface area contributed by atoms with Crippen LogP contribution in [0.5, 0.6) is 0 Å². The summed E-state index contributed by atoms with van der Waals surface area (Å²) < 4.78 is 6.24. The van der Waals surface area contributed by atoms with Crippen LogP contribution in [0.1, 0.15) is 48.8 Å². The normalized spacial score (nSPS) is 10.6. The quantitative estimate of drug-likeness (QED) is 0.429. The molecule has 0 saturated carbocycles. The highest BCUT2D eigenvalue weighted by molar-refractivity contribution is 6.16. The van der Waals surface area contributed by atoms with Crippen LogP contribution in [0.15, 0.2) is 54.6 Å². The van der Waals surface area contributed by atoms with E-state index in [0.717, 1.165) is 11.1 Å². The number of rotatable bonds is 5. The van der Waals surface area contributed by atoms with Crippen LogP contribution >= 0.6 is 0 Å². The van der Waals surface area contributed by atoms with Gasteiger partial charge in [0.2, 0.25) is 0 Å². The van der Waals surface area contributed by atoms with Crippen LogP contribution in [0.3, 0.4) is 0 Å². The van der Waals surface area contributed by atoms with Gasteiger partial charge in [0.25, 0.3) is 0 Å². The molecule has 0 aliphatic rings. The van der Waals surface area contributed by atoms with Crippen molar-refractivity contribution in [3.05, 3.63) is 93.8 Å². The van der Waals surface area contributed by atoms with Gasteiger partial charge >= 0.3 is 5.97 Å². The summed E-state index contributed by atoms with van der Waals surface area (Å²) in [7, 11) is 1.29. The third kappa shape index (κ3) is 3.36. The van der Waals surface area contributed by atoms with E-state index >= 15 is 0 Å². The Hall–Kier alpha value is -3.34. The molecule has 1 heterocycles. The Morgan fingerprint density at radius 3 is 2.19 bits per heavy atom. The summed E-state index contributed by atoms with van der Waals surface area (Å²) in [6.07, 6.45) is 0.623. The predicted molar refractivity (Wildman–Crippen MR) is 105 cm³/mol. The average molecular weight is 362 g/mol. The third-order valence-electron chi connectivity index (χ3n) is 4.81. The topological polar surface area (TPSA) is 74.3 Å². The molecule has 0 amide bonds. The van der Waals surface area contributed by atoms with Gasteiger partial charge in [-0.2, -0.15) is 0 Å². The summed E-state index contributed by atoms with van der Waals surface area (Å²) in [6, 6.07) is 17.4. The number of ether oxygens (including phenoxy) is 1. The van der Waals surface area contributed by atoms with E-state index in [1.807, 2.05) is 48.5 Å². The number of benzene rings is 2. The number of methoxy groups -OCH3 is 1. The fourth-order valence-electron chi connectivity index (χ4n) is 3.33. The maximum Gasteiger partial charge on any atom is 0.340 e. The Morgan fingerprint density at radius 2 is 1.52 bits per heavy atom. The molecule has 0 saturated heterocycles.